The molecule has 0 saturated carbocycles. The lowest BCUT2D eigenvalue weighted by atomic mass is 10.1. The summed E-state index contributed by atoms with van der Waals surface area (Å²) in [5.74, 6) is 0.365. The first-order chi connectivity index (χ1) is 14.0. The number of rotatable bonds is 7. The predicted molar refractivity (Wildman–Crippen MR) is 111 cm³/mol. The van der Waals surface area contributed by atoms with Crippen LogP contribution in [0.4, 0.5) is 11.6 Å². The van der Waals surface area contributed by atoms with Gasteiger partial charge in [0.05, 0.1) is 31.6 Å². The van der Waals surface area contributed by atoms with Crippen molar-refractivity contribution in [1.29, 1.82) is 0 Å². The third-order valence-electron chi connectivity index (χ3n) is 4.57. The van der Waals surface area contributed by atoms with Crippen LogP contribution in [0.2, 0.25) is 0 Å². The summed E-state index contributed by atoms with van der Waals surface area (Å²) < 4.78 is 12.1. The second-order valence-corrected chi connectivity index (χ2v) is 7.43. The zero-order valence-electron chi connectivity index (χ0n) is 16.8. The van der Waals surface area contributed by atoms with Gasteiger partial charge in [-0.25, -0.2) is 4.79 Å². The molecule has 1 saturated heterocycles. The first-order valence-electron chi connectivity index (χ1n) is 9.41. The van der Waals surface area contributed by atoms with Crippen LogP contribution < -0.4 is 10.2 Å². The van der Waals surface area contributed by atoms with Crippen molar-refractivity contribution in [2.24, 2.45) is 0 Å². The highest BCUT2D eigenvalue weighted by atomic mass is 32.2. The molecule has 0 atom stereocenters. The monoisotopic (exact) mass is 419 g/mol. The predicted octanol–water partition coefficient (Wildman–Crippen LogP) is 1.96. The molecule has 29 heavy (non-hydrogen) atoms. The fourth-order valence-corrected chi connectivity index (χ4v) is 3.78. The van der Waals surface area contributed by atoms with E-state index in [0.717, 1.165) is 24.6 Å². The summed E-state index contributed by atoms with van der Waals surface area (Å²) in [4.78, 5) is 26.3. The maximum absolute atomic E-state index is 12.5. The number of morpholine rings is 1. The van der Waals surface area contributed by atoms with Crippen molar-refractivity contribution in [3.8, 4) is 0 Å². The van der Waals surface area contributed by atoms with Gasteiger partial charge in [0.15, 0.2) is 5.16 Å². The largest absolute Gasteiger partial charge is 0.465 e. The number of nitrogens with one attached hydrogen (secondary N) is 1. The Morgan fingerprint density at radius 3 is 2.72 bits per heavy atom. The molecule has 0 unspecified atom stereocenters. The molecule has 2 aromatic rings. The second-order valence-electron chi connectivity index (χ2n) is 6.48. The number of benzene rings is 1. The number of nitrogens with zero attached hydrogens (tertiary/aromatic N) is 4. The first-order valence-corrected chi connectivity index (χ1v) is 10.4. The van der Waals surface area contributed by atoms with Crippen molar-refractivity contribution >= 4 is 35.3 Å². The number of hydrogen-bond acceptors (Lipinski definition) is 8. The number of aryl methyl sites for hydroxylation is 1. The van der Waals surface area contributed by atoms with Gasteiger partial charge in [0.1, 0.15) is 0 Å². The van der Waals surface area contributed by atoms with Crippen LogP contribution in [0.1, 0.15) is 22.8 Å². The standard InChI is InChI=1S/C19H25N5O4S/c1-4-24-18(23-7-9-28-10-8-23)21-22-19(24)29-12-16(25)20-15-11-14(17(26)27-3)6-5-13(15)2/h5-6,11H,4,7-10,12H2,1-3H3,(H,20,25). The Morgan fingerprint density at radius 2 is 2.03 bits per heavy atom. The highest BCUT2D eigenvalue weighted by molar-refractivity contribution is 7.99. The van der Waals surface area contributed by atoms with Gasteiger partial charge in [0.25, 0.3) is 0 Å². The third-order valence-corrected chi connectivity index (χ3v) is 5.54. The molecule has 0 radical (unpaired) electrons. The minimum atomic E-state index is -0.443. The summed E-state index contributed by atoms with van der Waals surface area (Å²) in [7, 11) is 1.33. The van der Waals surface area contributed by atoms with Crippen LogP contribution in [0.15, 0.2) is 23.4 Å². The smallest absolute Gasteiger partial charge is 0.337 e. The van der Waals surface area contributed by atoms with Crippen LogP contribution in [0.5, 0.6) is 0 Å². The Hall–Kier alpha value is -2.59. The number of carbonyl (C=O) groups is 2. The number of methoxy groups -OCH3 is 1. The van der Waals surface area contributed by atoms with Crippen LogP contribution in [0.25, 0.3) is 0 Å². The van der Waals surface area contributed by atoms with Crippen molar-refractivity contribution < 1.29 is 19.1 Å². The number of carbonyl (C=O) groups excluding carboxylic acids is 2. The molecule has 0 bridgehead atoms. The average molecular weight is 420 g/mol. The van der Waals surface area contributed by atoms with Crippen molar-refractivity contribution in [3.63, 3.8) is 0 Å². The van der Waals surface area contributed by atoms with Gasteiger partial charge in [-0.05, 0) is 31.5 Å². The van der Waals surface area contributed by atoms with Crippen molar-refractivity contribution in [1.82, 2.24) is 14.8 Å². The van der Waals surface area contributed by atoms with Gasteiger partial charge >= 0.3 is 5.97 Å². The lowest BCUT2D eigenvalue weighted by molar-refractivity contribution is -0.113. The lowest BCUT2D eigenvalue weighted by Crippen LogP contribution is -2.38. The summed E-state index contributed by atoms with van der Waals surface area (Å²) in [5, 5.41) is 12.1. The van der Waals surface area contributed by atoms with Crippen molar-refractivity contribution in [2.45, 2.75) is 25.5 Å². The molecule has 9 nitrogen and oxygen atoms in total. The minimum Gasteiger partial charge on any atom is -0.465 e. The summed E-state index contributed by atoms with van der Waals surface area (Å²) in [6.07, 6.45) is 0. The van der Waals surface area contributed by atoms with Crippen LogP contribution in [-0.2, 0) is 20.8 Å². The van der Waals surface area contributed by atoms with Gasteiger partial charge in [0.2, 0.25) is 11.9 Å². The number of amides is 1. The lowest BCUT2D eigenvalue weighted by Gasteiger charge is -2.27. The van der Waals surface area contributed by atoms with E-state index in [0.29, 0.717) is 36.2 Å². The highest BCUT2D eigenvalue weighted by Gasteiger charge is 2.20. The van der Waals surface area contributed by atoms with Crippen molar-refractivity contribution in [2.75, 3.05) is 49.4 Å². The Kier molecular flexibility index (Phi) is 7.10. The van der Waals surface area contributed by atoms with Crippen LogP contribution in [-0.4, -0.2) is 65.8 Å². The molecule has 156 valence electrons. The van der Waals surface area contributed by atoms with E-state index in [1.165, 1.54) is 18.9 Å². The first kappa shape index (κ1) is 21.1. The normalized spacial score (nSPS) is 14.0. The van der Waals surface area contributed by atoms with Gasteiger partial charge in [0, 0.05) is 25.3 Å². The molecule has 1 aliphatic rings. The third kappa shape index (κ3) is 5.07. The van der Waals surface area contributed by atoms with E-state index in [1.807, 2.05) is 18.4 Å². The Labute approximate surface area is 173 Å². The summed E-state index contributed by atoms with van der Waals surface area (Å²) in [5.41, 5.74) is 1.84. The minimum absolute atomic E-state index is 0.182. The number of thioether (sulfide) groups is 1. The zero-order valence-corrected chi connectivity index (χ0v) is 17.6. The molecule has 1 aliphatic heterocycles. The zero-order chi connectivity index (χ0) is 20.8. The number of aromatic nitrogens is 3. The number of hydrogen-bond donors (Lipinski definition) is 1. The fraction of sp³-hybridized carbons (Fsp3) is 0.474. The van der Waals surface area contributed by atoms with Gasteiger partial charge < -0.3 is 19.7 Å². The molecule has 1 N–H and O–H groups in total. The van der Waals surface area contributed by atoms with E-state index in [2.05, 4.69) is 20.4 Å². The van der Waals surface area contributed by atoms with Crippen LogP contribution in [0, 0.1) is 6.92 Å². The second kappa shape index (κ2) is 9.75. The van der Waals surface area contributed by atoms with Gasteiger partial charge in [-0.3, -0.25) is 9.36 Å². The fourth-order valence-electron chi connectivity index (χ4n) is 2.98. The summed E-state index contributed by atoms with van der Waals surface area (Å²) >= 11 is 1.33. The summed E-state index contributed by atoms with van der Waals surface area (Å²) in [6, 6.07) is 5.06. The Bertz CT molecular complexity index is 879. The van der Waals surface area contributed by atoms with Gasteiger partial charge in [-0.2, -0.15) is 0 Å². The molecule has 0 spiro atoms. The molecule has 0 aliphatic carbocycles. The topological polar surface area (TPSA) is 98.6 Å². The molecule has 3 rings (SSSR count). The van der Waals surface area contributed by atoms with E-state index in [9.17, 15) is 9.59 Å². The quantitative estimate of drug-likeness (QED) is 0.537. The molecule has 10 heteroatoms. The summed E-state index contributed by atoms with van der Waals surface area (Å²) in [6.45, 7) is 7.50. The molecular formula is C19H25N5O4S. The van der Waals surface area contributed by atoms with Crippen molar-refractivity contribution in [3.05, 3.63) is 29.3 Å². The SMILES string of the molecule is CCn1c(SCC(=O)Nc2cc(C(=O)OC)ccc2C)nnc1N1CCOCC1. The molecule has 1 fully saturated rings. The molecular weight excluding hydrogens is 394 g/mol. The Morgan fingerprint density at radius 1 is 1.28 bits per heavy atom. The number of ether oxygens (including phenoxy) is 2. The molecule has 2 heterocycles. The number of anilines is 2. The van der Waals surface area contributed by atoms with E-state index in [-0.39, 0.29) is 11.7 Å². The van der Waals surface area contributed by atoms with Crippen LogP contribution in [0.3, 0.4) is 0 Å². The van der Waals surface area contributed by atoms with E-state index in [4.69, 9.17) is 9.47 Å². The van der Waals surface area contributed by atoms with E-state index in [1.54, 1.807) is 18.2 Å². The molecule has 1 aromatic heterocycles. The molecule has 1 amide bonds. The highest BCUT2D eigenvalue weighted by Crippen LogP contribution is 2.23. The maximum Gasteiger partial charge on any atom is 0.337 e. The Balaban J connectivity index is 1.64. The van der Waals surface area contributed by atoms with E-state index >= 15 is 0 Å². The average Bonchev–Trinajstić information content (AvgIpc) is 3.16. The van der Waals surface area contributed by atoms with Gasteiger partial charge in [-0.15, -0.1) is 10.2 Å². The number of esters is 1. The maximum atomic E-state index is 12.5. The van der Waals surface area contributed by atoms with E-state index < -0.39 is 5.97 Å². The van der Waals surface area contributed by atoms with Crippen LogP contribution >= 0.6 is 11.8 Å². The van der Waals surface area contributed by atoms with Gasteiger partial charge in [-0.1, -0.05) is 17.8 Å². The molecule has 1 aromatic carbocycles.